The van der Waals surface area contributed by atoms with Gasteiger partial charge in [-0.2, -0.15) is 0 Å². The van der Waals surface area contributed by atoms with Crippen LogP contribution in [0.2, 0.25) is 0 Å². The third-order valence-corrected chi connectivity index (χ3v) is 5.43. The fourth-order valence-corrected chi connectivity index (χ4v) is 3.69. The van der Waals surface area contributed by atoms with Crippen LogP contribution in [0.15, 0.2) is 71.3 Å². The Hall–Kier alpha value is -2.86. The van der Waals surface area contributed by atoms with Crippen molar-refractivity contribution in [1.82, 2.24) is 10.3 Å². The molecule has 148 valence electrons. The average molecular weight is 453 g/mol. The molecule has 3 aromatic rings. The maximum absolute atomic E-state index is 12.4. The van der Waals surface area contributed by atoms with Crippen molar-refractivity contribution in [3.63, 3.8) is 0 Å². The number of carbonyl (C=O) groups is 1. The average Bonchev–Trinajstić information content (AvgIpc) is 3.54. The van der Waals surface area contributed by atoms with Crippen LogP contribution in [0, 0.1) is 5.92 Å². The lowest BCUT2D eigenvalue weighted by Gasteiger charge is -2.08. The molecule has 1 aromatic heterocycles. The van der Waals surface area contributed by atoms with Crippen LogP contribution < -0.4 is 14.8 Å². The van der Waals surface area contributed by atoms with Crippen molar-refractivity contribution in [3.05, 3.63) is 82.5 Å². The number of pyridine rings is 1. The number of nitrogens with zero attached hydrogens (tertiary/aromatic N) is 1. The van der Waals surface area contributed by atoms with Crippen LogP contribution >= 0.6 is 15.9 Å². The minimum Gasteiger partial charge on any atom is -0.497 e. The highest BCUT2D eigenvalue weighted by atomic mass is 79.9. The van der Waals surface area contributed by atoms with Gasteiger partial charge in [0.2, 0.25) is 11.8 Å². The van der Waals surface area contributed by atoms with Gasteiger partial charge < -0.3 is 14.8 Å². The molecular weight excluding hydrogens is 432 g/mol. The second-order valence-corrected chi connectivity index (χ2v) is 7.92. The SMILES string of the molecule is COc1cccc(Oc2ccc(CNC(=O)C3CC3c3cccc(Br)c3)cn2)c1. The van der Waals surface area contributed by atoms with Gasteiger partial charge in [-0.05, 0) is 47.7 Å². The predicted octanol–water partition coefficient (Wildman–Crippen LogP) is 5.06. The number of rotatable bonds is 7. The Morgan fingerprint density at radius 2 is 1.97 bits per heavy atom. The Morgan fingerprint density at radius 1 is 1.14 bits per heavy atom. The van der Waals surface area contributed by atoms with Crippen molar-refractivity contribution in [2.75, 3.05) is 7.11 Å². The van der Waals surface area contributed by atoms with E-state index in [-0.39, 0.29) is 11.8 Å². The molecular formula is C23H21BrN2O3. The third kappa shape index (κ3) is 4.95. The summed E-state index contributed by atoms with van der Waals surface area (Å²) < 4.78 is 12.0. The fourth-order valence-electron chi connectivity index (χ4n) is 3.27. The number of aromatic nitrogens is 1. The van der Waals surface area contributed by atoms with Crippen molar-refractivity contribution in [2.24, 2.45) is 5.92 Å². The first-order valence-electron chi connectivity index (χ1n) is 9.42. The first-order chi connectivity index (χ1) is 14.1. The van der Waals surface area contributed by atoms with Gasteiger partial charge in [0.1, 0.15) is 11.5 Å². The number of amides is 1. The van der Waals surface area contributed by atoms with E-state index in [1.54, 1.807) is 25.4 Å². The molecule has 2 unspecified atom stereocenters. The zero-order chi connectivity index (χ0) is 20.2. The molecule has 0 saturated heterocycles. The lowest BCUT2D eigenvalue weighted by molar-refractivity contribution is -0.122. The van der Waals surface area contributed by atoms with Crippen LogP contribution in [-0.4, -0.2) is 18.0 Å². The molecule has 6 heteroatoms. The van der Waals surface area contributed by atoms with E-state index in [4.69, 9.17) is 9.47 Å². The molecule has 1 saturated carbocycles. The van der Waals surface area contributed by atoms with E-state index < -0.39 is 0 Å². The molecule has 5 nitrogen and oxygen atoms in total. The van der Waals surface area contributed by atoms with Gasteiger partial charge >= 0.3 is 0 Å². The van der Waals surface area contributed by atoms with E-state index in [0.717, 1.165) is 22.2 Å². The standard InChI is InChI=1S/C23H21BrN2O3/c1-28-18-6-3-7-19(11-18)29-22-9-8-15(13-25-22)14-26-23(27)21-12-20(21)16-4-2-5-17(24)10-16/h2-11,13,20-21H,12,14H2,1H3,(H,26,27). The molecule has 4 rings (SSSR count). The third-order valence-electron chi connectivity index (χ3n) is 4.93. The molecule has 0 bridgehead atoms. The minimum absolute atomic E-state index is 0.0490. The van der Waals surface area contributed by atoms with Crippen LogP contribution in [0.25, 0.3) is 0 Å². The topological polar surface area (TPSA) is 60.5 Å². The Bertz CT molecular complexity index is 1010. The smallest absolute Gasteiger partial charge is 0.224 e. The van der Waals surface area contributed by atoms with Crippen LogP contribution in [0.1, 0.15) is 23.5 Å². The van der Waals surface area contributed by atoms with Gasteiger partial charge in [0.15, 0.2) is 0 Å². The molecule has 1 aliphatic carbocycles. The lowest BCUT2D eigenvalue weighted by atomic mass is 10.1. The quantitative estimate of drug-likeness (QED) is 0.543. The normalized spacial score (nSPS) is 17.4. The summed E-state index contributed by atoms with van der Waals surface area (Å²) in [5.74, 6) is 2.32. The zero-order valence-corrected chi connectivity index (χ0v) is 17.6. The summed E-state index contributed by atoms with van der Waals surface area (Å²) in [4.78, 5) is 16.8. The van der Waals surface area contributed by atoms with Crippen LogP contribution in [0.5, 0.6) is 17.4 Å². The highest BCUT2D eigenvalue weighted by Gasteiger charge is 2.43. The van der Waals surface area contributed by atoms with E-state index in [1.165, 1.54) is 5.56 Å². The first-order valence-corrected chi connectivity index (χ1v) is 10.2. The molecule has 1 N–H and O–H groups in total. The van der Waals surface area contributed by atoms with E-state index in [2.05, 4.69) is 38.4 Å². The van der Waals surface area contributed by atoms with Gasteiger partial charge in [-0.3, -0.25) is 4.79 Å². The summed E-state index contributed by atoms with van der Waals surface area (Å²) in [6.45, 7) is 0.451. The van der Waals surface area contributed by atoms with Gasteiger partial charge in [0.05, 0.1) is 7.11 Å². The summed E-state index contributed by atoms with van der Waals surface area (Å²) in [7, 11) is 1.61. The molecule has 1 fully saturated rings. The highest BCUT2D eigenvalue weighted by molar-refractivity contribution is 9.10. The van der Waals surface area contributed by atoms with Crippen LogP contribution in [0.4, 0.5) is 0 Å². The number of benzene rings is 2. The molecule has 29 heavy (non-hydrogen) atoms. The van der Waals surface area contributed by atoms with Gasteiger partial charge in [-0.1, -0.05) is 40.2 Å². The highest BCUT2D eigenvalue weighted by Crippen LogP contribution is 2.48. The van der Waals surface area contributed by atoms with Crippen molar-refractivity contribution in [2.45, 2.75) is 18.9 Å². The zero-order valence-electron chi connectivity index (χ0n) is 16.0. The number of hydrogen-bond donors (Lipinski definition) is 1. The minimum atomic E-state index is 0.0490. The summed E-state index contributed by atoms with van der Waals surface area (Å²) >= 11 is 3.49. The number of carbonyl (C=O) groups excluding carboxylic acids is 1. The summed E-state index contributed by atoms with van der Waals surface area (Å²) in [5.41, 5.74) is 2.14. The second-order valence-electron chi connectivity index (χ2n) is 7.01. The number of ether oxygens (including phenoxy) is 2. The summed E-state index contributed by atoms with van der Waals surface area (Å²) in [6.07, 6.45) is 2.61. The number of nitrogens with one attached hydrogen (secondary N) is 1. The Kier molecular flexibility index (Phi) is 5.81. The molecule has 2 aromatic carbocycles. The first kappa shape index (κ1) is 19.5. The van der Waals surface area contributed by atoms with Crippen molar-refractivity contribution in [1.29, 1.82) is 0 Å². The molecule has 1 heterocycles. The lowest BCUT2D eigenvalue weighted by Crippen LogP contribution is -2.24. The van der Waals surface area contributed by atoms with Crippen molar-refractivity contribution in [3.8, 4) is 17.4 Å². The largest absolute Gasteiger partial charge is 0.497 e. The maximum atomic E-state index is 12.4. The fraction of sp³-hybridized carbons (Fsp3) is 0.217. The number of methoxy groups -OCH3 is 1. The number of hydrogen-bond acceptors (Lipinski definition) is 4. The summed E-state index contributed by atoms with van der Waals surface area (Å²) in [6, 6.07) is 19.2. The van der Waals surface area contributed by atoms with Crippen molar-refractivity contribution < 1.29 is 14.3 Å². The van der Waals surface area contributed by atoms with E-state index in [9.17, 15) is 4.79 Å². The molecule has 1 amide bonds. The molecule has 0 spiro atoms. The monoisotopic (exact) mass is 452 g/mol. The summed E-state index contributed by atoms with van der Waals surface area (Å²) in [5, 5.41) is 3.01. The molecule has 0 radical (unpaired) electrons. The molecule has 2 atom stereocenters. The predicted molar refractivity (Wildman–Crippen MR) is 114 cm³/mol. The van der Waals surface area contributed by atoms with E-state index in [0.29, 0.717) is 24.1 Å². The van der Waals surface area contributed by atoms with E-state index >= 15 is 0 Å². The molecule has 1 aliphatic rings. The van der Waals surface area contributed by atoms with Gasteiger partial charge in [0.25, 0.3) is 0 Å². The Balaban J connectivity index is 1.29. The van der Waals surface area contributed by atoms with Crippen molar-refractivity contribution >= 4 is 21.8 Å². The van der Waals surface area contributed by atoms with Crippen LogP contribution in [-0.2, 0) is 11.3 Å². The Labute approximate surface area is 178 Å². The second kappa shape index (κ2) is 8.66. The maximum Gasteiger partial charge on any atom is 0.224 e. The van der Waals surface area contributed by atoms with Crippen LogP contribution in [0.3, 0.4) is 0 Å². The van der Waals surface area contributed by atoms with Gasteiger partial charge in [0, 0.05) is 35.3 Å². The van der Waals surface area contributed by atoms with Gasteiger partial charge in [-0.15, -0.1) is 0 Å². The number of halogens is 1. The van der Waals surface area contributed by atoms with Gasteiger partial charge in [-0.25, -0.2) is 4.98 Å². The van der Waals surface area contributed by atoms with E-state index in [1.807, 2.05) is 36.4 Å². The Morgan fingerprint density at radius 3 is 2.72 bits per heavy atom. The molecule has 0 aliphatic heterocycles.